The van der Waals surface area contributed by atoms with Gasteiger partial charge in [0.15, 0.2) is 11.5 Å². The molecule has 0 bridgehead atoms. The van der Waals surface area contributed by atoms with Crippen LogP contribution in [-0.4, -0.2) is 49.2 Å². The Morgan fingerprint density at radius 3 is 2.59 bits per heavy atom. The third-order valence-corrected chi connectivity index (χ3v) is 6.36. The minimum Gasteiger partial charge on any atom is -0.504 e. The molecule has 2 N–H and O–H groups in total. The van der Waals surface area contributed by atoms with Gasteiger partial charge in [-0.05, 0) is 48.7 Å². The topological polar surface area (TPSA) is 134 Å². The zero-order chi connectivity index (χ0) is 21.0. The second kappa shape index (κ2) is 8.45. The maximum absolute atomic E-state index is 12.6. The second-order valence-corrected chi connectivity index (χ2v) is 8.29. The Balaban J connectivity index is 1.82. The van der Waals surface area contributed by atoms with Crippen LogP contribution in [0.3, 0.4) is 0 Å². The van der Waals surface area contributed by atoms with Crippen molar-refractivity contribution in [3.63, 3.8) is 0 Å². The van der Waals surface area contributed by atoms with Gasteiger partial charge < -0.3 is 9.84 Å². The average molecular weight is 420 g/mol. The van der Waals surface area contributed by atoms with Crippen LogP contribution in [0.25, 0.3) is 0 Å². The molecule has 0 spiro atoms. The zero-order valence-electron chi connectivity index (χ0n) is 15.6. The van der Waals surface area contributed by atoms with E-state index in [2.05, 4.69) is 10.5 Å². The number of hydrogen-bond donors (Lipinski definition) is 2. The second-order valence-electron chi connectivity index (χ2n) is 6.35. The number of anilines is 1. The molecule has 0 aliphatic carbocycles. The van der Waals surface area contributed by atoms with E-state index in [-0.39, 0.29) is 16.3 Å². The first-order valence-electron chi connectivity index (χ1n) is 8.77. The number of nitrogens with zero attached hydrogens (tertiary/aromatic N) is 3. The van der Waals surface area contributed by atoms with Gasteiger partial charge in [0.25, 0.3) is 5.69 Å². The first-order valence-corrected chi connectivity index (χ1v) is 10.2. The van der Waals surface area contributed by atoms with Crippen molar-refractivity contribution in [1.82, 2.24) is 4.31 Å². The van der Waals surface area contributed by atoms with Crippen molar-refractivity contribution in [3.05, 3.63) is 52.1 Å². The van der Waals surface area contributed by atoms with E-state index in [9.17, 15) is 23.6 Å². The van der Waals surface area contributed by atoms with E-state index in [4.69, 9.17) is 4.74 Å². The van der Waals surface area contributed by atoms with Crippen LogP contribution in [0.15, 0.2) is 46.4 Å². The molecule has 0 aromatic heterocycles. The lowest BCUT2D eigenvalue weighted by Crippen LogP contribution is -2.27. The SMILES string of the molecule is COc1ccc(/C=N\Nc2ccc(S(=O)(=O)N3CCCC3)cc2[N+](=O)[O-])cc1O. The molecule has 154 valence electrons. The summed E-state index contributed by atoms with van der Waals surface area (Å²) in [5.41, 5.74) is 2.72. The largest absolute Gasteiger partial charge is 0.504 e. The molecule has 1 heterocycles. The number of nitro benzene ring substituents is 1. The molecule has 3 rings (SSSR count). The van der Waals surface area contributed by atoms with Gasteiger partial charge in [0.05, 0.1) is 23.1 Å². The highest BCUT2D eigenvalue weighted by molar-refractivity contribution is 7.89. The van der Waals surface area contributed by atoms with Gasteiger partial charge in [-0.2, -0.15) is 9.41 Å². The van der Waals surface area contributed by atoms with Gasteiger partial charge >= 0.3 is 0 Å². The molecule has 0 atom stereocenters. The standard InChI is InChI=1S/C18H20N4O6S/c1-28-18-7-4-13(10-17(18)23)12-19-20-15-6-5-14(11-16(15)22(24)25)29(26,27)21-8-2-3-9-21/h4-7,10-12,20,23H,2-3,8-9H2,1H3/b19-12-. The molecule has 2 aromatic carbocycles. The number of aromatic hydroxyl groups is 1. The fourth-order valence-electron chi connectivity index (χ4n) is 2.96. The Labute approximate surface area is 167 Å². The summed E-state index contributed by atoms with van der Waals surface area (Å²) in [7, 11) is -2.34. The molecule has 0 amide bonds. The highest BCUT2D eigenvalue weighted by Crippen LogP contribution is 2.30. The van der Waals surface area contributed by atoms with Crippen LogP contribution in [0, 0.1) is 10.1 Å². The first-order chi connectivity index (χ1) is 13.8. The van der Waals surface area contributed by atoms with Gasteiger partial charge in [-0.1, -0.05) is 0 Å². The number of methoxy groups -OCH3 is 1. The van der Waals surface area contributed by atoms with Gasteiger partial charge in [-0.15, -0.1) is 0 Å². The maximum Gasteiger partial charge on any atom is 0.295 e. The number of hydrogen-bond acceptors (Lipinski definition) is 8. The van der Waals surface area contributed by atoms with Crippen molar-refractivity contribution in [3.8, 4) is 11.5 Å². The minimum absolute atomic E-state index is 0.0457. The lowest BCUT2D eigenvalue weighted by Gasteiger charge is -2.15. The molecule has 1 aliphatic rings. The smallest absolute Gasteiger partial charge is 0.295 e. The number of nitrogens with one attached hydrogen (secondary N) is 1. The number of nitro groups is 1. The Kier molecular flexibility index (Phi) is 5.99. The molecule has 1 fully saturated rings. The van der Waals surface area contributed by atoms with E-state index in [0.29, 0.717) is 24.4 Å². The van der Waals surface area contributed by atoms with Crippen LogP contribution < -0.4 is 10.2 Å². The van der Waals surface area contributed by atoms with Crippen LogP contribution in [0.5, 0.6) is 11.5 Å². The number of rotatable bonds is 7. The van der Waals surface area contributed by atoms with Crippen LogP contribution in [0.4, 0.5) is 11.4 Å². The van der Waals surface area contributed by atoms with Gasteiger partial charge in [0, 0.05) is 19.2 Å². The summed E-state index contributed by atoms with van der Waals surface area (Å²) < 4.78 is 31.5. The van der Waals surface area contributed by atoms with Crippen molar-refractivity contribution in [1.29, 1.82) is 0 Å². The summed E-state index contributed by atoms with van der Waals surface area (Å²) in [6, 6.07) is 8.28. The predicted octanol–water partition coefficient (Wildman–Crippen LogP) is 2.54. The summed E-state index contributed by atoms with van der Waals surface area (Å²) in [5.74, 6) is 0.236. The lowest BCUT2D eigenvalue weighted by atomic mass is 10.2. The Bertz CT molecular complexity index is 1050. The number of phenolic OH excluding ortho intramolecular Hbond substituents is 1. The third-order valence-electron chi connectivity index (χ3n) is 4.47. The number of sulfonamides is 1. The first kappa shape index (κ1) is 20.6. The number of phenols is 1. The number of hydrazone groups is 1. The molecule has 0 unspecified atom stereocenters. The van der Waals surface area contributed by atoms with Gasteiger partial charge in [0.1, 0.15) is 5.69 Å². The fraction of sp³-hybridized carbons (Fsp3) is 0.278. The van der Waals surface area contributed by atoms with Crippen molar-refractivity contribution in [2.24, 2.45) is 5.10 Å². The van der Waals surface area contributed by atoms with Crippen molar-refractivity contribution >= 4 is 27.6 Å². The maximum atomic E-state index is 12.6. The Hall–Kier alpha value is -3.18. The van der Waals surface area contributed by atoms with E-state index in [1.165, 1.54) is 35.8 Å². The molecular weight excluding hydrogens is 400 g/mol. The number of ether oxygens (including phenoxy) is 1. The highest BCUT2D eigenvalue weighted by atomic mass is 32.2. The molecule has 29 heavy (non-hydrogen) atoms. The van der Waals surface area contributed by atoms with Crippen molar-refractivity contribution in [2.45, 2.75) is 17.7 Å². The van der Waals surface area contributed by atoms with E-state index in [1.54, 1.807) is 12.1 Å². The van der Waals surface area contributed by atoms with E-state index < -0.39 is 20.6 Å². The molecule has 11 heteroatoms. The zero-order valence-corrected chi connectivity index (χ0v) is 16.4. The van der Waals surface area contributed by atoms with Gasteiger partial charge in [-0.3, -0.25) is 15.5 Å². The Morgan fingerprint density at radius 1 is 1.24 bits per heavy atom. The summed E-state index contributed by atoms with van der Waals surface area (Å²) in [6.07, 6.45) is 2.91. The summed E-state index contributed by atoms with van der Waals surface area (Å²) in [4.78, 5) is 10.6. The molecule has 0 radical (unpaired) electrons. The molecule has 1 aliphatic heterocycles. The van der Waals surface area contributed by atoms with E-state index >= 15 is 0 Å². The van der Waals surface area contributed by atoms with Gasteiger partial charge in [0.2, 0.25) is 10.0 Å². The fourth-order valence-corrected chi connectivity index (χ4v) is 4.50. The summed E-state index contributed by atoms with van der Waals surface area (Å²) >= 11 is 0. The third kappa shape index (κ3) is 4.46. The molecule has 1 saturated heterocycles. The van der Waals surface area contributed by atoms with E-state index in [1.807, 2.05) is 0 Å². The molecule has 10 nitrogen and oxygen atoms in total. The normalized spacial score (nSPS) is 14.9. The predicted molar refractivity (Wildman–Crippen MR) is 107 cm³/mol. The number of benzene rings is 2. The van der Waals surface area contributed by atoms with E-state index in [0.717, 1.165) is 18.9 Å². The Morgan fingerprint density at radius 2 is 1.97 bits per heavy atom. The molecular formula is C18H20N4O6S. The van der Waals surface area contributed by atoms with Crippen LogP contribution >= 0.6 is 0 Å². The summed E-state index contributed by atoms with van der Waals surface area (Å²) in [6.45, 7) is 0.824. The van der Waals surface area contributed by atoms with Crippen LogP contribution in [0.2, 0.25) is 0 Å². The van der Waals surface area contributed by atoms with Crippen molar-refractivity contribution < 1.29 is 23.2 Å². The van der Waals surface area contributed by atoms with Gasteiger partial charge in [-0.25, -0.2) is 8.42 Å². The minimum atomic E-state index is -3.76. The quantitative estimate of drug-likeness (QED) is 0.399. The average Bonchev–Trinajstić information content (AvgIpc) is 3.24. The highest BCUT2D eigenvalue weighted by Gasteiger charge is 2.29. The van der Waals surface area contributed by atoms with Crippen molar-refractivity contribution in [2.75, 3.05) is 25.6 Å². The summed E-state index contributed by atoms with van der Waals surface area (Å²) in [5, 5.41) is 25.1. The molecule has 2 aromatic rings. The van der Waals surface area contributed by atoms with Crippen LogP contribution in [0.1, 0.15) is 18.4 Å². The monoisotopic (exact) mass is 420 g/mol. The lowest BCUT2D eigenvalue weighted by molar-refractivity contribution is -0.384. The molecule has 0 saturated carbocycles. The van der Waals surface area contributed by atoms with Crippen LogP contribution in [-0.2, 0) is 10.0 Å².